The number of fused-ring (bicyclic) bond motifs is 9. The monoisotopic (exact) mass is 769 g/mol. The Kier molecular flexibility index (Phi) is 7.83. The van der Waals surface area contributed by atoms with E-state index in [2.05, 4.69) is 26.2 Å². The highest BCUT2D eigenvalue weighted by molar-refractivity contribution is 9.10. The smallest absolute Gasteiger partial charge is 0.416 e. The van der Waals surface area contributed by atoms with E-state index < -0.39 is 41.3 Å². The summed E-state index contributed by atoms with van der Waals surface area (Å²) in [6, 6.07) is 17.2. The molecule has 4 aromatic rings. The molecule has 1 aromatic heterocycles. The van der Waals surface area contributed by atoms with E-state index in [1.165, 1.54) is 23.9 Å². The summed E-state index contributed by atoms with van der Waals surface area (Å²) in [4.78, 5) is 58.1. The van der Waals surface area contributed by atoms with Crippen molar-refractivity contribution in [1.82, 2.24) is 4.98 Å². The number of carbonyl (C=O) groups excluding carboxylic acids is 3. The highest BCUT2D eigenvalue weighted by Crippen LogP contribution is 2.69. The topological polar surface area (TPSA) is 109 Å². The molecule has 3 heterocycles. The highest BCUT2D eigenvalue weighted by atomic mass is 79.9. The Morgan fingerprint density at radius 1 is 1.02 bits per heavy atom. The molecule has 3 fully saturated rings. The van der Waals surface area contributed by atoms with Crippen molar-refractivity contribution in [2.75, 3.05) is 16.8 Å². The van der Waals surface area contributed by atoms with Gasteiger partial charge in [-0.1, -0.05) is 51.0 Å². The van der Waals surface area contributed by atoms with E-state index in [-0.39, 0.29) is 46.1 Å². The lowest BCUT2D eigenvalue weighted by Crippen LogP contribution is -2.42. The molecule has 6 unspecified atom stereocenters. The third kappa shape index (κ3) is 5.42. The molecule has 3 amide bonds. The first-order valence-corrected chi connectivity index (χ1v) is 18.1. The number of H-pyrrole nitrogens is 1. The second-order valence-corrected chi connectivity index (χ2v) is 16.0. The van der Waals surface area contributed by atoms with Crippen molar-refractivity contribution in [3.63, 3.8) is 0 Å². The minimum absolute atomic E-state index is 0.0826. The van der Waals surface area contributed by atoms with Gasteiger partial charge in [-0.05, 0) is 79.6 Å². The van der Waals surface area contributed by atoms with Crippen molar-refractivity contribution < 1.29 is 32.3 Å². The molecule has 2 bridgehead atoms. The zero-order valence-corrected chi connectivity index (χ0v) is 28.8. The number of aromatic amines is 1. The molecule has 2 aliphatic heterocycles. The largest absolute Gasteiger partial charge is 0.483 e. The van der Waals surface area contributed by atoms with Crippen molar-refractivity contribution in [2.45, 2.75) is 35.7 Å². The first-order valence-electron chi connectivity index (χ1n) is 15.6. The number of ether oxygens (including phenoxy) is 1. The summed E-state index contributed by atoms with van der Waals surface area (Å²) in [5.41, 5.74) is 1.41. The van der Waals surface area contributed by atoms with Crippen molar-refractivity contribution in [2.24, 2.45) is 29.6 Å². The van der Waals surface area contributed by atoms with E-state index in [9.17, 15) is 32.3 Å². The Bertz CT molecular complexity index is 2080. The van der Waals surface area contributed by atoms with Crippen molar-refractivity contribution >= 4 is 68.1 Å². The predicted molar refractivity (Wildman–Crippen MR) is 182 cm³/mol. The number of amides is 3. The van der Waals surface area contributed by atoms with E-state index in [0.29, 0.717) is 22.9 Å². The number of alkyl halides is 3. The molecule has 0 spiro atoms. The Morgan fingerprint density at radius 3 is 2.49 bits per heavy atom. The van der Waals surface area contributed by atoms with Crippen molar-refractivity contribution in [1.29, 1.82) is 0 Å². The average Bonchev–Trinajstić information content (AvgIpc) is 3.80. The number of thioether (sulfide) groups is 1. The van der Waals surface area contributed by atoms with Crippen LogP contribution in [0.5, 0.6) is 5.75 Å². The maximum absolute atomic E-state index is 14.1. The van der Waals surface area contributed by atoms with Gasteiger partial charge in [-0.15, -0.1) is 11.8 Å². The van der Waals surface area contributed by atoms with Crippen LogP contribution < -0.4 is 19.8 Å². The fourth-order valence-electron chi connectivity index (χ4n) is 8.31. The van der Waals surface area contributed by atoms with Gasteiger partial charge in [0.15, 0.2) is 6.61 Å². The van der Waals surface area contributed by atoms with Gasteiger partial charge in [0.1, 0.15) is 5.75 Å². The van der Waals surface area contributed by atoms with E-state index >= 15 is 0 Å². The van der Waals surface area contributed by atoms with E-state index in [0.717, 1.165) is 48.8 Å². The van der Waals surface area contributed by atoms with Gasteiger partial charge in [-0.25, -0.2) is 0 Å². The summed E-state index contributed by atoms with van der Waals surface area (Å²) in [7, 11) is 0. The summed E-state index contributed by atoms with van der Waals surface area (Å²) < 4.78 is 47.6. The molecule has 252 valence electrons. The number of thiazole rings is 1. The second-order valence-electron chi connectivity index (χ2n) is 12.9. The number of benzene rings is 3. The molecule has 2 saturated carbocycles. The summed E-state index contributed by atoms with van der Waals surface area (Å²) >= 11 is 6.17. The lowest BCUT2D eigenvalue weighted by molar-refractivity contribution is -0.137. The Labute approximate surface area is 294 Å². The van der Waals surface area contributed by atoms with E-state index in [1.807, 2.05) is 25.1 Å². The lowest BCUT2D eigenvalue weighted by Gasteiger charge is -2.43. The molecule has 8 nitrogen and oxygen atoms in total. The number of nitrogens with one attached hydrogen (secondary N) is 2. The summed E-state index contributed by atoms with van der Waals surface area (Å²) in [6.45, 7) is 1.68. The van der Waals surface area contributed by atoms with Gasteiger partial charge in [-0.2, -0.15) is 13.2 Å². The van der Waals surface area contributed by atoms with Gasteiger partial charge in [0, 0.05) is 31.8 Å². The summed E-state index contributed by atoms with van der Waals surface area (Å²) in [5, 5.41) is 3.38. The van der Waals surface area contributed by atoms with Crippen LogP contribution in [0.25, 0.3) is 0 Å². The van der Waals surface area contributed by atoms with Crippen LogP contribution in [0, 0.1) is 36.5 Å². The van der Waals surface area contributed by atoms with E-state index in [4.69, 9.17) is 4.74 Å². The molecule has 49 heavy (non-hydrogen) atoms. The van der Waals surface area contributed by atoms with Crippen LogP contribution in [-0.2, 0) is 20.6 Å². The molecule has 7 atom stereocenters. The van der Waals surface area contributed by atoms with Gasteiger partial charge in [-0.3, -0.25) is 24.1 Å². The van der Waals surface area contributed by atoms with Gasteiger partial charge in [0.05, 0.1) is 28.1 Å². The standard InChI is InChI=1S/C35H27BrF3N3O5S2/c1-15-5-8-18(9-6-15)40-24(43)14-47-23-10-7-17(36)12-20(23)25-26-21-13-22(29(26)48-31-30(25)49-34(46)41-31)28-27(21)32(44)42(33(28)45)19-4-2-3-16(11-19)35(37,38)39/h2-12,21-22,25-29H,13-14H2,1H3,(H,40,43)(H,41,46)/t21?,22?,25-,26?,27?,28?,29?/m1/s1. The summed E-state index contributed by atoms with van der Waals surface area (Å²) in [6.07, 6.45) is -4.03. The number of hydrogen-bond acceptors (Lipinski definition) is 7. The third-order valence-electron chi connectivity index (χ3n) is 10.2. The number of aryl methyl sites for hydroxylation is 1. The minimum Gasteiger partial charge on any atom is -0.483 e. The van der Waals surface area contributed by atoms with Crippen LogP contribution in [0.2, 0.25) is 0 Å². The molecule has 3 aromatic carbocycles. The van der Waals surface area contributed by atoms with Gasteiger partial charge in [0.2, 0.25) is 11.8 Å². The number of anilines is 2. The van der Waals surface area contributed by atoms with Crippen LogP contribution in [0.1, 0.15) is 33.9 Å². The lowest BCUT2D eigenvalue weighted by atomic mass is 9.68. The van der Waals surface area contributed by atoms with Crippen LogP contribution in [-0.4, -0.2) is 34.6 Å². The first-order chi connectivity index (χ1) is 23.4. The summed E-state index contributed by atoms with van der Waals surface area (Å²) in [5.74, 6) is -3.34. The first kappa shape index (κ1) is 32.3. The quantitative estimate of drug-likeness (QED) is 0.201. The molecular weight excluding hydrogens is 743 g/mol. The molecule has 1 saturated heterocycles. The highest BCUT2D eigenvalue weighted by Gasteiger charge is 2.70. The SMILES string of the molecule is Cc1ccc(NC(=O)COc2ccc(Br)cc2[C@H]2c3sc(=O)[nH]c3SC3C4CC(C5C(=O)N(c6cccc(C(F)(F)F)c6)C(=O)C45)C32)cc1. The number of hydrogen-bond donors (Lipinski definition) is 2. The van der Waals surface area contributed by atoms with Crippen molar-refractivity contribution in [3.05, 3.63) is 102 Å². The van der Waals surface area contributed by atoms with Crippen molar-refractivity contribution in [3.8, 4) is 5.75 Å². The predicted octanol–water partition coefficient (Wildman–Crippen LogP) is 7.22. The fraction of sp³-hybridized carbons (Fsp3) is 0.314. The van der Waals surface area contributed by atoms with Crippen LogP contribution >= 0.6 is 39.0 Å². The minimum atomic E-state index is -4.63. The maximum atomic E-state index is 14.1. The van der Waals surface area contributed by atoms with E-state index in [1.54, 1.807) is 24.3 Å². The van der Waals surface area contributed by atoms with Gasteiger partial charge >= 0.3 is 11.0 Å². The molecule has 2 aliphatic carbocycles. The Morgan fingerprint density at radius 2 is 1.76 bits per heavy atom. The second kappa shape index (κ2) is 11.9. The Hall–Kier alpha value is -3.88. The normalized spacial score (nSPS) is 26.8. The average molecular weight is 771 g/mol. The zero-order chi connectivity index (χ0) is 34.4. The number of carbonyl (C=O) groups is 3. The molecule has 14 heteroatoms. The molecule has 0 radical (unpaired) electrons. The molecule has 2 N–H and O–H groups in total. The zero-order valence-electron chi connectivity index (χ0n) is 25.6. The maximum Gasteiger partial charge on any atom is 0.416 e. The molecule has 4 aliphatic rings. The van der Waals surface area contributed by atoms with Gasteiger partial charge < -0.3 is 15.0 Å². The third-order valence-corrected chi connectivity index (χ3v) is 13.2. The van der Waals surface area contributed by atoms with Crippen LogP contribution in [0.15, 0.2) is 81.0 Å². The number of nitrogens with zero attached hydrogens (tertiary/aromatic N) is 1. The Balaban J connectivity index is 1.13. The van der Waals surface area contributed by atoms with Gasteiger partial charge in [0.25, 0.3) is 5.91 Å². The van der Waals surface area contributed by atoms with Crippen LogP contribution in [0.4, 0.5) is 24.5 Å². The fourth-order valence-corrected chi connectivity index (χ4v) is 11.6. The molecular formula is C35H27BrF3N3O5S2. The van der Waals surface area contributed by atoms with Crippen LogP contribution in [0.3, 0.4) is 0 Å². The molecule has 8 rings (SSSR count). The number of aromatic nitrogens is 1. The number of imide groups is 1. The number of rotatable bonds is 6. The number of halogens is 4.